The van der Waals surface area contributed by atoms with Gasteiger partial charge in [-0.15, -0.1) is 0 Å². The maximum Gasteiger partial charge on any atom is 0.416 e. The van der Waals surface area contributed by atoms with Crippen LogP contribution in [-0.2, 0) is 11.0 Å². The van der Waals surface area contributed by atoms with Crippen LogP contribution in [0.3, 0.4) is 0 Å². The van der Waals surface area contributed by atoms with E-state index in [4.69, 9.17) is 23.2 Å². The summed E-state index contributed by atoms with van der Waals surface area (Å²) in [6, 6.07) is 8.93. The molecule has 3 rings (SSSR count). The van der Waals surface area contributed by atoms with Crippen LogP contribution in [-0.4, -0.2) is 47.9 Å². The van der Waals surface area contributed by atoms with Crippen LogP contribution in [0.15, 0.2) is 48.5 Å². The second-order valence-electron chi connectivity index (χ2n) is 6.83. The molecule has 3 amide bonds. The van der Waals surface area contributed by atoms with Crippen LogP contribution in [0.1, 0.15) is 11.1 Å². The molecule has 2 aromatic rings. The monoisotopic (exact) mass is 471 g/mol. The van der Waals surface area contributed by atoms with Crippen LogP contribution in [0.5, 0.6) is 0 Å². The van der Waals surface area contributed by atoms with E-state index in [1.165, 1.54) is 23.1 Å². The Labute approximate surface area is 187 Å². The predicted octanol–water partition coefficient (Wildman–Crippen LogP) is 5.40. The second kappa shape index (κ2) is 9.62. The number of hydrogen-bond donors (Lipinski definition) is 1. The molecule has 0 aromatic heterocycles. The number of nitrogens with zero attached hydrogens (tertiary/aromatic N) is 2. The van der Waals surface area contributed by atoms with E-state index in [0.717, 1.165) is 17.7 Å². The number of carbonyl (C=O) groups excluding carboxylic acids is 2. The van der Waals surface area contributed by atoms with Crippen molar-refractivity contribution in [1.82, 2.24) is 9.80 Å². The third kappa shape index (κ3) is 6.15. The molecule has 1 fully saturated rings. The lowest BCUT2D eigenvalue weighted by atomic mass is 10.2. The quantitative estimate of drug-likeness (QED) is 0.609. The maximum absolute atomic E-state index is 12.8. The standard InChI is InChI=1S/C21H18Cl2F3N3O2/c22-17-6-4-14(12-18(17)23)5-7-19(30)28-8-10-29(11-9-28)20(31)27-16-3-1-2-15(13-16)21(24,25)26/h1-7,12-13H,8-11H2,(H,27,31)/b7-5+. The third-order valence-electron chi connectivity index (χ3n) is 4.68. The number of nitrogens with one attached hydrogen (secondary N) is 1. The van der Waals surface area contributed by atoms with Gasteiger partial charge in [0, 0.05) is 37.9 Å². The topological polar surface area (TPSA) is 52.7 Å². The Hall–Kier alpha value is -2.71. The molecule has 1 aliphatic heterocycles. The van der Waals surface area contributed by atoms with Gasteiger partial charge in [0.1, 0.15) is 0 Å². The molecule has 5 nitrogen and oxygen atoms in total. The Balaban J connectivity index is 1.53. The van der Waals surface area contributed by atoms with Crippen molar-refractivity contribution in [3.05, 3.63) is 69.7 Å². The van der Waals surface area contributed by atoms with Crippen molar-refractivity contribution in [1.29, 1.82) is 0 Å². The number of anilines is 1. The number of alkyl halides is 3. The first kappa shape index (κ1) is 23.0. The Morgan fingerprint density at radius 2 is 1.61 bits per heavy atom. The van der Waals surface area contributed by atoms with Gasteiger partial charge >= 0.3 is 12.2 Å². The summed E-state index contributed by atoms with van der Waals surface area (Å²) < 4.78 is 38.4. The highest BCUT2D eigenvalue weighted by molar-refractivity contribution is 6.42. The Bertz CT molecular complexity index is 1000. The number of hydrogen-bond acceptors (Lipinski definition) is 2. The minimum absolute atomic E-state index is 0.0582. The number of piperazine rings is 1. The lowest BCUT2D eigenvalue weighted by Gasteiger charge is -2.34. The van der Waals surface area contributed by atoms with E-state index in [2.05, 4.69) is 5.32 Å². The molecule has 1 aliphatic rings. The fourth-order valence-corrected chi connectivity index (χ4v) is 3.30. The van der Waals surface area contributed by atoms with E-state index in [1.54, 1.807) is 29.2 Å². The highest BCUT2D eigenvalue weighted by atomic mass is 35.5. The van der Waals surface area contributed by atoms with Crippen molar-refractivity contribution in [2.24, 2.45) is 0 Å². The van der Waals surface area contributed by atoms with Gasteiger partial charge in [-0.3, -0.25) is 4.79 Å². The minimum Gasteiger partial charge on any atom is -0.336 e. The summed E-state index contributed by atoms with van der Waals surface area (Å²) >= 11 is 11.8. The lowest BCUT2D eigenvalue weighted by Crippen LogP contribution is -2.51. The van der Waals surface area contributed by atoms with Crippen LogP contribution in [0.2, 0.25) is 10.0 Å². The largest absolute Gasteiger partial charge is 0.416 e. The molecule has 0 aliphatic carbocycles. The fraction of sp³-hybridized carbons (Fsp3) is 0.238. The summed E-state index contributed by atoms with van der Waals surface area (Å²) in [6.45, 7) is 1.13. The summed E-state index contributed by atoms with van der Waals surface area (Å²) in [4.78, 5) is 27.8. The number of urea groups is 1. The molecular weight excluding hydrogens is 454 g/mol. The number of amides is 3. The molecule has 10 heteroatoms. The smallest absolute Gasteiger partial charge is 0.336 e. The van der Waals surface area contributed by atoms with Crippen LogP contribution in [0.25, 0.3) is 6.08 Å². The Morgan fingerprint density at radius 1 is 0.935 bits per heavy atom. The summed E-state index contributed by atoms with van der Waals surface area (Å²) in [5, 5.41) is 3.28. The van der Waals surface area contributed by atoms with Gasteiger partial charge in [0.25, 0.3) is 0 Å². The first-order valence-electron chi connectivity index (χ1n) is 9.29. The van der Waals surface area contributed by atoms with Crippen molar-refractivity contribution >= 4 is 46.9 Å². The van der Waals surface area contributed by atoms with Crippen molar-refractivity contribution in [2.75, 3.05) is 31.5 Å². The van der Waals surface area contributed by atoms with Crippen molar-refractivity contribution in [3.63, 3.8) is 0 Å². The van der Waals surface area contributed by atoms with Gasteiger partial charge < -0.3 is 15.1 Å². The molecule has 0 spiro atoms. The van der Waals surface area contributed by atoms with E-state index in [-0.39, 0.29) is 24.7 Å². The zero-order valence-corrected chi connectivity index (χ0v) is 17.6. The van der Waals surface area contributed by atoms with Gasteiger partial charge in [-0.1, -0.05) is 35.3 Å². The van der Waals surface area contributed by atoms with Gasteiger partial charge in [-0.25, -0.2) is 4.79 Å². The molecule has 0 unspecified atom stereocenters. The molecule has 1 saturated heterocycles. The normalized spacial score (nSPS) is 14.7. The highest BCUT2D eigenvalue weighted by Crippen LogP contribution is 2.30. The van der Waals surface area contributed by atoms with E-state index in [9.17, 15) is 22.8 Å². The highest BCUT2D eigenvalue weighted by Gasteiger charge is 2.31. The van der Waals surface area contributed by atoms with Crippen LogP contribution in [0.4, 0.5) is 23.7 Å². The molecule has 0 saturated carbocycles. The van der Waals surface area contributed by atoms with E-state index < -0.39 is 17.8 Å². The molecule has 2 aromatic carbocycles. The van der Waals surface area contributed by atoms with Crippen LogP contribution < -0.4 is 5.32 Å². The summed E-state index contributed by atoms with van der Waals surface area (Å²) in [7, 11) is 0. The molecule has 0 atom stereocenters. The Kier molecular flexibility index (Phi) is 7.12. The average Bonchev–Trinajstić information content (AvgIpc) is 2.74. The number of rotatable bonds is 3. The first-order chi connectivity index (χ1) is 14.6. The molecule has 1 N–H and O–H groups in total. The number of carbonyl (C=O) groups is 2. The van der Waals surface area contributed by atoms with E-state index in [0.29, 0.717) is 23.1 Å². The zero-order valence-electron chi connectivity index (χ0n) is 16.1. The van der Waals surface area contributed by atoms with E-state index in [1.807, 2.05) is 0 Å². The minimum atomic E-state index is -4.49. The first-order valence-corrected chi connectivity index (χ1v) is 10.0. The molecule has 0 radical (unpaired) electrons. The lowest BCUT2D eigenvalue weighted by molar-refractivity contribution is -0.137. The SMILES string of the molecule is O=C(/C=C/c1ccc(Cl)c(Cl)c1)N1CCN(C(=O)Nc2cccc(C(F)(F)F)c2)CC1. The number of halogens is 5. The van der Waals surface area contributed by atoms with Crippen LogP contribution >= 0.6 is 23.2 Å². The maximum atomic E-state index is 12.8. The van der Waals surface area contributed by atoms with Crippen molar-refractivity contribution < 1.29 is 22.8 Å². The second-order valence-corrected chi connectivity index (χ2v) is 7.64. The molecular formula is C21H18Cl2F3N3O2. The predicted molar refractivity (Wildman–Crippen MR) is 114 cm³/mol. The third-order valence-corrected chi connectivity index (χ3v) is 5.42. The van der Waals surface area contributed by atoms with Crippen molar-refractivity contribution in [3.8, 4) is 0 Å². The summed E-state index contributed by atoms with van der Waals surface area (Å²) in [5.74, 6) is -0.219. The van der Waals surface area contributed by atoms with Gasteiger partial charge in [0.2, 0.25) is 5.91 Å². The molecule has 164 valence electrons. The molecule has 0 bridgehead atoms. The molecule has 31 heavy (non-hydrogen) atoms. The van der Waals surface area contributed by atoms with Gasteiger partial charge in [0.05, 0.1) is 15.6 Å². The summed E-state index contributed by atoms with van der Waals surface area (Å²) in [6.07, 6.45) is -1.45. The van der Waals surface area contributed by atoms with E-state index >= 15 is 0 Å². The van der Waals surface area contributed by atoms with Crippen LogP contribution in [0, 0.1) is 0 Å². The Morgan fingerprint density at radius 3 is 2.26 bits per heavy atom. The number of benzene rings is 2. The van der Waals surface area contributed by atoms with Gasteiger partial charge in [-0.05, 0) is 42.0 Å². The van der Waals surface area contributed by atoms with Crippen molar-refractivity contribution in [2.45, 2.75) is 6.18 Å². The molecule has 1 heterocycles. The fourth-order valence-electron chi connectivity index (χ4n) is 2.99. The zero-order chi connectivity index (χ0) is 22.6. The average molecular weight is 472 g/mol. The van der Waals surface area contributed by atoms with Gasteiger partial charge in [0.15, 0.2) is 0 Å². The van der Waals surface area contributed by atoms with Gasteiger partial charge in [-0.2, -0.15) is 13.2 Å². The summed E-state index contributed by atoms with van der Waals surface area (Å²) in [5.41, 5.74) is -0.0563.